The number of carboxylic acids is 1. The number of carboxylic acid groups (broad SMARTS) is 1. The fourth-order valence-electron chi connectivity index (χ4n) is 6.91. The molecule has 5 rings (SSSR count). The zero-order valence-electron chi connectivity index (χ0n) is 26.0. The van der Waals surface area contributed by atoms with Gasteiger partial charge in [-0.3, -0.25) is 4.79 Å². The van der Waals surface area contributed by atoms with Crippen molar-refractivity contribution in [1.82, 2.24) is 10.2 Å². The molecule has 10 heteroatoms. The Hall–Kier alpha value is -4.05. The molecule has 0 spiro atoms. The van der Waals surface area contributed by atoms with Crippen LogP contribution in [-0.4, -0.2) is 47.2 Å². The zero-order valence-corrected chi connectivity index (χ0v) is 26.0. The van der Waals surface area contributed by atoms with Gasteiger partial charge in [0.05, 0.1) is 18.7 Å². The number of methoxy groups -OCH3 is 1. The van der Waals surface area contributed by atoms with Gasteiger partial charge in [0, 0.05) is 24.1 Å². The molecule has 0 bridgehead atoms. The van der Waals surface area contributed by atoms with Crippen LogP contribution in [-0.2, 0) is 28.7 Å². The number of fused-ring (bicyclic) bond motifs is 1. The van der Waals surface area contributed by atoms with Crippen molar-refractivity contribution in [3.05, 3.63) is 94.5 Å². The van der Waals surface area contributed by atoms with E-state index in [1.165, 1.54) is 18.1 Å². The molecule has 2 aliphatic heterocycles. The lowest BCUT2D eigenvalue weighted by Gasteiger charge is -2.36. The van der Waals surface area contributed by atoms with Gasteiger partial charge >= 0.3 is 12.1 Å². The van der Waals surface area contributed by atoms with Crippen LogP contribution in [0.2, 0.25) is 0 Å². The number of ether oxygens (including phenoxy) is 2. The van der Waals surface area contributed by atoms with Crippen molar-refractivity contribution in [1.29, 1.82) is 0 Å². The molecule has 0 radical (unpaired) electrons. The minimum atomic E-state index is -4.55. The predicted molar refractivity (Wildman–Crippen MR) is 163 cm³/mol. The molecule has 0 aromatic heterocycles. The maximum atomic E-state index is 14.5. The minimum absolute atomic E-state index is 0.0469. The smallest absolute Gasteiger partial charge is 0.416 e. The van der Waals surface area contributed by atoms with Gasteiger partial charge in [-0.25, -0.2) is 4.79 Å². The Morgan fingerprint density at radius 3 is 2.38 bits per heavy atom. The molecule has 3 aromatic carbocycles. The van der Waals surface area contributed by atoms with Gasteiger partial charge in [-0.15, -0.1) is 0 Å². The number of aryl methyl sites for hydroxylation is 2. The van der Waals surface area contributed by atoms with Crippen LogP contribution in [0.4, 0.5) is 13.2 Å². The molecule has 45 heavy (non-hydrogen) atoms. The minimum Gasteiger partial charge on any atom is -0.496 e. The highest BCUT2D eigenvalue weighted by Gasteiger charge is 2.59. The molecular formula is C35H39F3N2O5. The van der Waals surface area contributed by atoms with E-state index in [1.807, 2.05) is 76.2 Å². The number of hydrogen-bond donors (Lipinski definition) is 2. The van der Waals surface area contributed by atoms with E-state index in [9.17, 15) is 27.9 Å². The molecule has 2 N–H and O–H groups in total. The van der Waals surface area contributed by atoms with E-state index in [2.05, 4.69) is 5.32 Å². The molecule has 1 saturated heterocycles. The standard InChI is InChI=1S/C35H39F3N2O5/c1-20-11-14-26-22(17-20)12-15-27(45-26)32(41)40-30(21-9-7-6-8-10-21)29(28(34(2,3)4)31(40)33(42)43)39-19-23-18-24(35(36,37)38)13-16-25(23)44-5/h6-11,13-14,16-18,27-31,39H,12,15,19H2,1-5H3,(H,42,43)/t27?,28-,29-,30-,31-/m0/s1. The highest BCUT2D eigenvalue weighted by Crippen LogP contribution is 2.49. The number of likely N-dealkylation sites (tertiary alicyclic amines) is 1. The van der Waals surface area contributed by atoms with Crippen molar-refractivity contribution in [2.24, 2.45) is 11.3 Å². The Kier molecular flexibility index (Phi) is 8.90. The van der Waals surface area contributed by atoms with Crippen LogP contribution >= 0.6 is 0 Å². The first-order chi connectivity index (χ1) is 21.2. The summed E-state index contributed by atoms with van der Waals surface area (Å²) in [6.45, 7) is 7.68. The SMILES string of the molecule is COc1ccc(C(F)(F)F)cc1CN[C@H]1[C@H](C(C)(C)C)[C@@H](C(=O)O)N(C(=O)C2CCc3cc(C)ccc3O2)[C@H]1c1ccccc1. The van der Waals surface area contributed by atoms with Crippen LogP contribution < -0.4 is 14.8 Å². The summed E-state index contributed by atoms with van der Waals surface area (Å²) < 4.78 is 52.5. The third kappa shape index (κ3) is 6.52. The molecule has 5 atom stereocenters. The lowest BCUT2D eigenvalue weighted by molar-refractivity contribution is -0.155. The van der Waals surface area contributed by atoms with Crippen molar-refractivity contribution < 1.29 is 37.3 Å². The second-order valence-corrected chi connectivity index (χ2v) is 13.0. The number of nitrogens with zero attached hydrogens (tertiary/aromatic N) is 1. The largest absolute Gasteiger partial charge is 0.496 e. The molecule has 2 heterocycles. The zero-order chi connectivity index (χ0) is 32.7. The van der Waals surface area contributed by atoms with Crippen molar-refractivity contribution >= 4 is 11.9 Å². The van der Waals surface area contributed by atoms with Crippen LogP contribution in [0.5, 0.6) is 11.5 Å². The summed E-state index contributed by atoms with van der Waals surface area (Å²) in [6.07, 6.45) is -4.45. The van der Waals surface area contributed by atoms with Gasteiger partial charge in [-0.2, -0.15) is 13.2 Å². The average Bonchev–Trinajstić information content (AvgIpc) is 3.35. The number of aliphatic carboxylic acids is 1. The fraction of sp³-hybridized carbons (Fsp3) is 0.429. The van der Waals surface area contributed by atoms with Crippen LogP contribution in [0.1, 0.15) is 61.1 Å². The molecule has 2 aliphatic rings. The lowest BCUT2D eigenvalue weighted by atomic mass is 9.72. The van der Waals surface area contributed by atoms with Crippen molar-refractivity contribution in [2.75, 3.05) is 7.11 Å². The molecule has 7 nitrogen and oxygen atoms in total. The highest BCUT2D eigenvalue weighted by atomic mass is 19.4. The van der Waals surface area contributed by atoms with E-state index in [-0.39, 0.29) is 17.9 Å². The summed E-state index contributed by atoms with van der Waals surface area (Å²) in [6, 6.07) is 15.6. The predicted octanol–water partition coefficient (Wildman–Crippen LogP) is 6.57. The average molecular weight is 625 g/mol. The molecule has 1 fully saturated rings. The molecule has 1 unspecified atom stereocenters. The number of benzene rings is 3. The topological polar surface area (TPSA) is 88.1 Å². The van der Waals surface area contributed by atoms with Crippen LogP contribution in [0, 0.1) is 18.3 Å². The van der Waals surface area contributed by atoms with Gasteiger partial charge in [0.1, 0.15) is 17.5 Å². The maximum absolute atomic E-state index is 14.5. The summed E-state index contributed by atoms with van der Waals surface area (Å²) in [5.74, 6) is -1.34. The fourth-order valence-corrected chi connectivity index (χ4v) is 6.91. The van der Waals surface area contributed by atoms with Crippen LogP contribution in [0.15, 0.2) is 66.7 Å². The Balaban J connectivity index is 1.58. The van der Waals surface area contributed by atoms with E-state index in [0.717, 1.165) is 23.3 Å². The lowest BCUT2D eigenvalue weighted by Crippen LogP contribution is -2.51. The van der Waals surface area contributed by atoms with E-state index in [0.29, 0.717) is 24.2 Å². The Bertz CT molecular complexity index is 1550. The first kappa shape index (κ1) is 32.3. The molecule has 0 saturated carbocycles. The maximum Gasteiger partial charge on any atom is 0.416 e. The number of amides is 1. The number of alkyl halides is 3. The van der Waals surface area contributed by atoms with Crippen LogP contribution in [0.3, 0.4) is 0 Å². The second-order valence-electron chi connectivity index (χ2n) is 13.0. The number of carbonyl (C=O) groups excluding carboxylic acids is 1. The van der Waals surface area contributed by atoms with E-state index >= 15 is 0 Å². The van der Waals surface area contributed by atoms with E-state index in [4.69, 9.17) is 9.47 Å². The molecule has 240 valence electrons. The van der Waals surface area contributed by atoms with Crippen molar-refractivity contribution in [2.45, 2.75) is 77.5 Å². The molecule has 0 aliphatic carbocycles. The molecule has 1 amide bonds. The van der Waals surface area contributed by atoms with Gasteiger partial charge in [-0.1, -0.05) is 68.8 Å². The number of hydrogen-bond acceptors (Lipinski definition) is 5. The first-order valence-corrected chi connectivity index (χ1v) is 15.0. The Morgan fingerprint density at radius 1 is 1.04 bits per heavy atom. The van der Waals surface area contributed by atoms with Crippen molar-refractivity contribution in [3.8, 4) is 11.5 Å². The normalized spacial score (nSPS) is 23.3. The Labute approximate surface area is 261 Å². The summed E-state index contributed by atoms with van der Waals surface area (Å²) in [4.78, 5) is 29.1. The van der Waals surface area contributed by atoms with Gasteiger partial charge in [0.15, 0.2) is 6.10 Å². The molecular weight excluding hydrogens is 585 g/mol. The summed E-state index contributed by atoms with van der Waals surface area (Å²) in [5.41, 5.74) is 1.62. The third-order valence-corrected chi connectivity index (χ3v) is 8.89. The number of carbonyl (C=O) groups is 2. The highest BCUT2D eigenvalue weighted by molar-refractivity contribution is 5.88. The third-order valence-electron chi connectivity index (χ3n) is 8.89. The molecule has 3 aromatic rings. The summed E-state index contributed by atoms with van der Waals surface area (Å²) in [5, 5.41) is 14.1. The van der Waals surface area contributed by atoms with E-state index in [1.54, 1.807) is 0 Å². The summed E-state index contributed by atoms with van der Waals surface area (Å²) >= 11 is 0. The number of nitrogens with one attached hydrogen (secondary N) is 1. The van der Waals surface area contributed by atoms with Gasteiger partial charge < -0.3 is 24.8 Å². The van der Waals surface area contributed by atoms with E-state index < -0.39 is 59.2 Å². The van der Waals surface area contributed by atoms with Gasteiger partial charge in [0.2, 0.25) is 0 Å². The first-order valence-electron chi connectivity index (χ1n) is 15.0. The second kappa shape index (κ2) is 12.4. The van der Waals surface area contributed by atoms with Gasteiger partial charge in [0.25, 0.3) is 5.91 Å². The summed E-state index contributed by atoms with van der Waals surface area (Å²) in [7, 11) is 1.39. The van der Waals surface area contributed by atoms with Crippen molar-refractivity contribution in [3.63, 3.8) is 0 Å². The van der Waals surface area contributed by atoms with Gasteiger partial charge in [-0.05, 0) is 60.6 Å². The van der Waals surface area contributed by atoms with Crippen LogP contribution in [0.25, 0.3) is 0 Å². The number of rotatable bonds is 7. The Morgan fingerprint density at radius 2 is 1.76 bits per heavy atom. The quantitative estimate of drug-likeness (QED) is 0.309. The monoisotopic (exact) mass is 624 g/mol. The number of halogens is 3.